The molecule has 1 saturated heterocycles. The van der Waals surface area contributed by atoms with Crippen LogP contribution >= 0.6 is 0 Å². The van der Waals surface area contributed by atoms with Gasteiger partial charge in [0.15, 0.2) is 5.52 Å². The quantitative estimate of drug-likeness (QED) is 0.311. The van der Waals surface area contributed by atoms with Crippen molar-refractivity contribution in [2.24, 2.45) is 0 Å². The van der Waals surface area contributed by atoms with Crippen molar-refractivity contribution in [2.75, 3.05) is 6.61 Å². The zero-order chi connectivity index (χ0) is 26.8. The molecule has 6 rings (SSSR count). The van der Waals surface area contributed by atoms with Crippen molar-refractivity contribution in [1.82, 2.24) is 24.3 Å². The fourth-order valence-electron chi connectivity index (χ4n) is 5.02. The molecule has 4 heterocycles. The molecular formula is C27H25F4N5O2. The molecule has 1 aromatic carbocycles. The Balaban J connectivity index is 1.46. The summed E-state index contributed by atoms with van der Waals surface area (Å²) >= 11 is 0. The lowest BCUT2D eigenvalue weighted by Gasteiger charge is -2.31. The molecule has 0 N–H and O–H groups in total. The fraction of sp³-hybridized carbons (Fsp3) is 0.407. The zero-order valence-electron chi connectivity index (χ0n) is 20.8. The normalized spacial score (nSPS) is 20.3. The number of nitrogens with zero attached hydrogens (tertiary/aromatic N) is 5. The van der Waals surface area contributed by atoms with Gasteiger partial charge in [0, 0.05) is 41.7 Å². The molecule has 2 fully saturated rings. The van der Waals surface area contributed by atoms with E-state index in [-0.39, 0.29) is 39.9 Å². The largest absolute Gasteiger partial charge is 0.416 e. The van der Waals surface area contributed by atoms with Crippen molar-refractivity contribution in [1.29, 1.82) is 0 Å². The highest BCUT2D eigenvalue weighted by atomic mass is 19.4. The van der Waals surface area contributed by atoms with Crippen LogP contribution in [0.15, 0.2) is 41.6 Å². The van der Waals surface area contributed by atoms with Gasteiger partial charge in [-0.3, -0.25) is 9.48 Å². The molecule has 1 aliphatic heterocycles. The Labute approximate surface area is 215 Å². The number of hydrogen-bond acceptors (Lipinski definition) is 5. The van der Waals surface area contributed by atoms with E-state index >= 15 is 4.39 Å². The molecule has 11 heteroatoms. The summed E-state index contributed by atoms with van der Waals surface area (Å²) in [7, 11) is 0. The van der Waals surface area contributed by atoms with Gasteiger partial charge in [-0.2, -0.15) is 18.3 Å². The highest BCUT2D eigenvalue weighted by molar-refractivity contribution is 5.91. The predicted molar refractivity (Wildman–Crippen MR) is 131 cm³/mol. The fourth-order valence-corrected chi connectivity index (χ4v) is 5.02. The summed E-state index contributed by atoms with van der Waals surface area (Å²) < 4.78 is 64.2. The van der Waals surface area contributed by atoms with Gasteiger partial charge in [-0.05, 0) is 51.7 Å². The molecule has 198 valence electrons. The van der Waals surface area contributed by atoms with Crippen LogP contribution in [-0.4, -0.2) is 30.9 Å². The molecule has 0 amide bonds. The van der Waals surface area contributed by atoms with Crippen molar-refractivity contribution in [3.05, 3.63) is 75.5 Å². The van der Waals surface area contributed by atoms with Gasteiger partial charge < -0.3 is 9.30 Å². The van der Waals surface area contributed by atoms with Crippen molar-refractivity contribution in [3.8, 4) is 11.1 Å². The minimum Gasteiger partial charge on any atom is -0.373 e. The average molecular weight is 528 g/mol. The van der Waals surface area contributed by atoms with Crippen LogP contribution in [0, 0.1) is 19.7 Å². The second kappa shape index (κ2) is 9.00. The first kappa shape index (κ1) is 24.7. The second-order valence-corrected chi connectivity index (χ2v) is 10.1. The van der Waals surface area contributed by atoms with E-state index in [0.29, 0.717) is 42.9 Å². The van der Waals surface area contributed by atoms with Gasteiger partial charge >= 0.3 is 6.18 Å². The van der Waals surface area contributed by atoms with E-state index in [1.807, 2.05) is 10.9 Å². The molecule has 2 atom stereocenters. The molecular weight excluding hydrogens is 502 g/mol. The van der Waals surface area contributed by atoms with Gasteiger partial charge in [0.2, 0.25) is 0 Å². The zero-order valence-corrected chi connectivity index (χ0v) is 20.8. The Morgan fingerprint density at radius 2 is 1.71 bits per heavy atom. The summed E-state index contributed by atoms with van der Waals surface area (Å²) in [6, 6.07) is 2.51. The number of aromatic nitrogens is 5. The van der Waals surface area contributed by atoms with Crippen LogP contribution in [0.5, 0.6) is 0 Å². The Hall–Kier alpha value is -3.60. The van der Waals surface area contributed by atoms with Crippen LogP contribution in [0.1, 0.15) is 66.4 Å². The van der Waals surface area contributed by atoms with Crippen molar-refractivity contribution >= 4 is 11.0 Å². The van der Waals surface area contributed by atoms with E-state index in [1.165, 1.54) is 10.8 Å². The van der Waals surface area contributed by atoms with E-state index in [9.17, 15) is 18.0 Å². The number of pyridine rings is 1. The third kappa shape index (κ3) is 4.38. The first-order valence-corrected chi connectivity index (χ1v) is 12.5. The minimum atomic E-state index is -4.68. The number of alkyl halides is 3. The molecule has 38 heavy (non-hydrogen) atoms. The summed E-state index contributed by atoms with van der Waals surface area (Å²) in [6.45, 7) is 3.83. The summed E-state index contributed by atoms with van der Waals surface area (Å²) in [5, 5.41) is 4.44. The van der Waals surface area contributed by atoms with Crippen molar-refractivity contribution < 1.29 is 22.3 Å². The van der Waals surface area contributed by atoms with Crippen LogP contribution in [-0.2, 0) is 10.9 Å². The summed E-state index contributed by atoms with van der Waals surface area (Å²) in [5.74, 6) is -1.05. The smallest absolute Gasteiger partial charge is 0.373 e. The van der Waals surface area contributed by atoms with E-state index in [0.717, 1.165) is 30.5 Å². The Morgan fingerprint density at radius 3 is 2.39 bits per heavy atom. The van der Waals surface area contributed by atoms with E-state index in [1.54, 1.807) is 20.0 Å². The van der Waals surface area contributed by atoms with Crippen LogP contribution in [0.25, 0.3) is 22.2 Å². The lowest BCUT2D eigenvalue weighted by Crippen LogP contribution is -2.31. The lowest BCUT2D eigenvalue weighted by atomic mass is 9.98. The van der Waals surface area contributed by atoms with Gasteiger partial charge in [-0.15, -0.1) is 0 Å². The molecule has 2 aliphatic rings. The van der Waals surface area contributed by atoms with Gasteiger partial charge in [-0.25, -0.2) is 14.4 Å². The molecule has 4 aromatic rings. The standard InChI is InChI=1S/C27H25F4N5O2/c1-14-15(2)34-25-24(33-14)21(20-6-3-17(9-22(20)28)27(29,30)31)13-35(26(25)37)19-7-8-38-23(10-19)16-11-32-36(12-16)18-4-5-18/h3,6,9,11-13,18-19,23H,4-5,7-8,10H2,1-2H3/t19-,23-/m0/s1. The number of halogens is 4. The molecule has 1 aliphatic carbocycles. The summed E-state index contributed by atoms with van der Waals surface area (Å²) in [6.07, 6.45) is 3.53. The number of benzene rings is 1. The highest BCUT2D eigenvalue weighted by Crippen LogP contribution is 2.39. The van der Waals surface area contributed by atoms with Gasteiger partial charge in [-0.1, -0.05) is 6.07 Å². The molecule has 0 radical (unpaired) electrons. The molecule has 1 saturated carbocycles. The van der Waals surface area contributed by atoms with E-state index in [4.69, 9.17) is 4.74 Å². The first-order valence-electron chi connectivity index (χ1n) is 12.5. The topological polar surface area (TPSA) is 74.8 Å². The maximum atomic E-state index is 15.1. The van der Waals surface area contributed by atoms with Gasteiger partial charge in [0.05, 0.1) is 35.3 Å². The molecule has 0 unspecified atom stereocenters. The average Bonchev–Trinajstić information content (AvgIpc) is 3.61. The van der Waals surface area contributed by atoms with Crippen LogP contribution in [0.2, 0.25) is 0 Å². The van der Waals surface area contributed by atoms with Crippen LogP contribution < -0.4 is 5.56 Å². The maximum absolute atomic E-state index is 15.1. The third-order valence-corrected chi connectivity index (χ3v) is 7.42. The van der Waals surface area contributed by atoms with Crippen LogP contribution in [0.4, 0.5) is 17.6 Å². The van der Waals surface area contributed by atoms with Crippen molar-refractivity contribution in [2.45, 2.75) is 63.9 Å². The SMILES string of the molecule is Cc1nc2c(-c3ccc(C(F)(F)F)cc3F)cn([C@H]3CCO[C@H](c4cnn(C5CC5)c4)C3)c(=O)c2nc1C. The van der Waals surface area contributed by atoms with Gasteiger partial charge in [0.1, 0.15) is 11.3 Å². The minimum absolute atomic E-state index is 0.0505. The lowest BCUT2D eigenvalue weighted by molar-refractivity contribution is -0.137. The van der Waals surface area contributed by atoms with E-state index in [2.05, 4.69) is 15.1 Å². The maximum Gasteiger partial charge on any atom is 0.416 e. The Bertz CT molecular complexity index is 1610. The number of rotatable bonds is 4. The number of hydrogen-bond donors (Lipinski definition) is 0. The van der Waals surface area contributed by atoms with Crippen LogP contribution in [0.3, 0.4) is 0 Å². The second-order valence-electron chi connectivity index (χ2n) is 10.1. The monoisotopic (exact) mass is 527 g/mol. The molecule has 3 aromatic heterocycles. The molecule has 0 bridgehead atoms. The summed E-state index contributed by atoms with van der Waals surface area (Å²) in [4.78, 5) is 22.6. The third-order valence-electron chi connectivity index (χ3n) is 7.42. The van der Waals surface area contributed by atoms with Crippen molar-refractivity contribution in [3.63, 3.8) is 0 Å². The first-order chi connectivity index (χ1) is 18.1. The summed E-state index contributed by atoms with van der Waals surface area (Å²) in [5.41, 5.74) is 0.882. The number of fused-ring (bicyclic) bond motifs is 1. The highest BCUT2D eigenvalue weighted by Gasteiger charge is 2.33. The van der Waals surface area contributed by atoms with Gasteiger partial charge in [0.25, 0.3) is 5.56 Å². The number of ether oxygens (including phenoxy) is 1. The predicted octanol–water partition coefficient (Wildman–Crippen LogP) is 5.86. The molecule has 7 nitrogen and oxygen atoms in total. The number of aryl methyl sites for hydroxylation is 2. The Kier molecular flexibility index (Phi) is 5.86. The molecule has 0 spiro atoms. The Morgan fingerprint density at radius 1 is 0.974 bits per heavy atom. The van der Waals surface area contributed by atoms with E-state index < -0.39 is 17.6 Å².